The molecule has 36 heavy (non-hydrogen) atoms. The quantitative estimate of drug-likeness (QED) is 0.334. The van der Waals surface area contributed by atoms with Crippen LogP contribution in [0.25, 0.3) is 0 Å². The largest absolute Gasteiger partial charge is 0.348 e. The summed E-state index contributed by atoms with van der Waals surface area (Å²) < 4.78 is 40.9. The van der Waals surface area contributed by atoms with Crippen LogP contribution in [0.2, 0.25) is 0 Å². The summed E-state index contributed by atoms with van der Waals surface area (Å²) in [6.45, 7) is -0.273. The van der Waals surface area contributed by atoms with Gasteiger partial charge < -0.3 is 10.6 Å². The lowest BCUT2D eigenvalue weighted by Gasteiger charge is -2.23. The van der Waals surface area contributed by atoms with E-state index in [0.29, 0.717) is 6.54 Å². The molecule has 0 radical (unpaired) electrons. The number of rotatable bonds is 9. The summed E-state index contributed by atoms with van der Waals surface area (Å²) in [6.07, 6.45) is 0. The van der Waals surface area contributed by atoms with Gasteiger partial charge >= 0.3 is 0 Å². The van der Waals surface area contributed by atoms with Crippen LogP contribution < -0.4 is 14.9 Å². The maximum absolute atomic E-state index is 13.5. The Morgan fingerprint density at radius 2 is 1.56 bits per heavy atom. The van der Waals surface area contributed by atoms with Crippen LogP contribution in [0.15, 0.2) is 101 Å². The van der Waals surface area contributed by atoms with Crippen LogP contribution in [0, 0.1) is 5.82 Å². The zero-order valence-electron chi connectivity index (χ0n) is 18.9. The van der Waals surface area contributed by atoms with Gasteiger partial charge in [0.1, 0.15) is 16.6 Å². The number of halogens is 1. The predicted octanol–water partition coefficient (Wildman–Crippen LogP) is 4.65. The van der Waals surface area contributed by atoms with Crippen LogP contribution in [-0.4, -0.2) is 26.8 Å². The summed E-state index contributed by atoms with van der Waals surface area (Å²) in [6, 6.07) is 23.7. The van der Waals surface area contributed by atoms with Crippen LogP contribution in [0.5, 0.6) is 0 Å². The molecule has 0 bridgehead atoms. The van der Waals surface area contributed by atoms with E-state index < -0.39 is 34.2 Å². The van der Waals surface area contributed by atoms with E-state index in [1.165, 1.54) is 18.2 Å². The molecule has 0 saturated carbocycles. The number of sulfonamides is 1. The van der Waals surface area contributed by atoms with Gasteiger partial charge in [0.25, 0.3) is 15.9 Å². The number of nitrogens with one attached hydrogen (secondary N) is 2. The van der Waals surface area contributed by atoms with E-state index in [1.54, 1.807) is 35.7 Å². The number of carbonyl (C=O) groups excluding carboxylic acids is 2. The third kappa shape index (κ3) is 5.96. The molecule has 0 fully saturated rings. The molecule has 2 amide bonds. The molecule has 4 rings (SSSR count). The molecule has 4 aromatic rings. The van der Waals surface area contributed by atoms with Crippen molar-refractivity contribution >= 4 is 44.5 Å². The van der Waals surface area contributed by atoms with Gasteiger partial charge in [0, 0.05) is 6.54 Å². The summed E-state index contributed by atoms with van der Waals surface area (Å²) >= 11 is 1.01. The second-order valence-corrected chi connectivity index (χ2v) is 10.7. The third-order valence-corrected chi connectivity index (χ3v) is 8.33. The van der Waals surface area contributed by atoms with Crippen molar-refractivity contribution in [3.05, 3.63) is 113 Å². The third-order valence-electron chi connectivity index (χ3n) is 5.18. The van der Waals surface area contributed by atoms with Gasteiger partial charge in [-0.05, 0) is 53.4 Å². The molecular formula is C26H22FN3O4S2. The molecule has 0 aliphatic heterocycles. The second-order valence-electron chi connectivity index (χ2n) is 7.68. The number of thiophene rings is 1. The molecule has 0 aliphatic carbocycles. The van der Waals surface area contributed by atoms with Gasteiger partial charge in [0.15, 0.2) is 0 Å². The molecule has 1 heterocycles. The Hall–Kier alpha value is -4.02. The predicted molar refractivity (Wildman–Crippen MR) is 138 cm³/mol. The van der Waals surface area contributed by atoms with E-state index in [1.807, 2.05) is 30.3 Å². The highest BCUT2D eigenvalue weighted by atomic mass is 32.2. The monoisotopic (exact) mass is 523 g/mol. The standard InChI is InChI=1S/C26H22FN3O4S2/c27-20-12-14-21(15-13-20)30(36(33,34)25-11-6-16-35-25)18-24(31)29-23-10-5-4-9-22(23)26(32)28-17-19-7-2-1-3-8-19/h1-16H,17-18H2,(H,28,32)(H,29,31). The Morgan fingerprint density at radius 3 is 2.25 bits per heavy atom. The van der Waals surface area contributed by atoms with E-state index in [9.17, 15) is 22.4 Å². The van der Waals surface area contributed by atoms with Gasteiger partial charge in [0.05, 0.1) is 16.9 Å². The molecule has 184 valence electrons. The van der Waals surface area contributed by atoms with Crippen molar-refractivity contribution in [3.63, 3.8) is 0 Å². The first kappa shape index (κ1) is 25.1. The fraction of sp³-hybridized carbons (Fsp3) is 0.0769. The number of hydrogen-bond donors (Lipinski definition) is 2. The van der Waals surface area contributed by atoms with Crippen molar-refractivity contribution in [2.24, 2.45) is 0 Å². The Morgan fingerprint density at radius 1 is 0.861 bits per heavy atom. The number of nitrogens with zero attached hydrogens (tertiary/aromatic N) is 1. The molecule has 1 aromatic heterocycles. The molecule has 3 aromatic carbocycles. The summed E-state index contributed by atoms with van der Waals surface area (Å²) in [5, 5.41) is 7.07. The number of benzene rings is 3. The summed E-state index contributed by atoms with van der Waals surface area (Å²) in [5.74, 6) is -1.59. The first-order chi connectivity index (χ1) is 17.3. The second kappa shape index (κ2) is 11.1. The lowest BCUT2D eigenvalue weighted by Crippen LogP contribution is -2.38. The van der Waals surface area contributed by atoms with Gasteiger partial charge in [-0.3, -0.25) is 13.9 Å². The minimum Gasteiger partial charge on any atom is -0.348 e. The van der Waals surface area contributed by atoms with Crippen molar-refractivity contribution in [3.8, 4) is 0 Å². The molecule has 0 saturated heterocycles. The Labute approximate surface area is 212 Å². The highest BCUT2D eigenvalue weighted by Crippen LogP contribution is 2.27. The Bertz CT molecular complexity index is 1440. The van der Waals surface area contributed by atoms with Crippen LogP contribution in [0.4, 0.5) is 15.8 Å². The topological polar surface area (TPSA) is 95.6 Å². The molecule has 0 aliphatic rings. The van der Waals surface area contributed by atoms with Gasteiger partial charge in [-0.25, -0.2) is 12.8 Å². The van der Waals surface area contributed by atoms with Gasteiger partial charge in [-0.15, -0.1) is 11.3 Å². The number of carbonyl (C=O) groups is 2. The van der Waals surface area contributed by atoms with Gasteiger partial charge in [0.2, 0.25) is 5.91 Å². The summed E-state index contributed by atoms with van der Waals surface area (Å²) in [4.78, 5) is 25.8. The highest BCUT2D eigenvalue weighted by molar-refractivity contribution is 7.94. The van der Waals surface area contributed by atoms with E-state index in [4.69, 9.17) is 0 Å². The van der Waals surface area contributed by atoms with Gasteiger partial charge in [-0.2, -0.15) is 0 Å². The van der Waals surface area contributed by atoms with Gasteiger partial charge in [-0.1, -0.05) is 48.5 Å². The molecule has 7 nitrogen and oxygen atoms in total. The fourth-order valence-electron chi connectivity index (χ4n) is 3.42. The lowest BCUT2D eigenvalue weighted by molar-refractivity contribution is -0.114. The van der Waals surface area contributed by atoms with Crippen LogP contribution in [0.3, 0.4) is 0 Å². The zero-order valence-corrected chi connectivity index (χ0v) is 20.6. The van der Waals surface area contributed by atoms with E-state index >= 15 is 0 Å². The molecule has 0 spiro atoms. The Balaban J connectivity index is 1.53. The van der Waals surface area contributed by atoms with Crippen molar-refractivity contribution in [1.29, 1.82) is 0 Å². The summed E-state index contributed by atoms with van der Waals surface area (Å²) in [7, 11) is -4.09. The van der Waals surface area contributed by atoms with E-state index in [2.05, 4.69) is 10.6 Å². The number of hydrogen-bond acceptors (Lipinski definition) is 5. The van der Waals surface area contributed by atoms with Crippen molar-refractivity contribution < 1.29 is 22.4 Å². The van der Waals surface area contributed by atoms with Crippen LogP contribution in [0.1, 0.15) is 15.9 Å². The highest BCUT2D eigenvalue weighted by Gasteiger charge is 2.28. The number of anilines is 2. The van der Waals surface area contributed by atoms with Crippen LogP contribution >= 0.6 is 11.3 Å². The number of para-hydroxylation sites is 1. The maximum Gasteiger partial charge on any atom is 0.274 e. The SMILES string of the molecule is O=C(CN(c1ccc(F)cc1)S(=O)(=O)c1cccs1)Nc1ccccc1C(=O)NCc1ccccc1. The minimum absolute atomic E-state index is 0.0420. The molecule has 0 unspecified atom stereocenters. The van der Waals surface area contributed by atoms with Crippen LogP contribution in [-0.2, 0) is 21.4 Å². The van der Waals surface area contributed by atoms with Crippen molar-refractivity contribution in [2.45, 2.75) is 10.8 Å². The fourth-order valence-corrected chi connectivity index (χ4v) is 5.95. The average molecular weight is 524 g/mol. The maximum atomic E-state index is 13.5. The normalized spacial score (nSPS) is 11.0. The first-order valence-corrected chi connectivity index (χ1v) is 13.2. The first-order valence-electron chi connectivity index (χ1n) is 10.9. The average Bonchev–Trinajstić information content (AvgIpc) is 3.44. The lowest BCUT2D eigenvalue weighted by atomic mass is 10.1. The molecule has 10 heteroatoms. The van der Waals surface area contributed by atoms with E-state index in [-0.39, 0.29) is 21.1 Å². The Kier molecular flexibility index (Phi) is 7.77. The molecule has 0 atom stereocenters. The molecule has 2 N–H and O–H groups in total. The summed E-state index contributed by atoms with van der Waals surface area (Å²) in [5.41, 5.74) is 1.52. The van der Waals surface area contributed by atoms with Crippen molar-refractivity contribution in [1.82, 2.24) is 5.32 Å². The van der Waals surface area contributed by atoms with E-state index in [0.717, 1.165) is 33.3 Å². The minimum atomic E-state index is -4.09. The zero-order chi connectivity index (χ0) is 25.5. The number of amides is 2. The smallest absolute Gasteiger partial charge is 0.274 e. The van der Waals surface area contributed by atoms with Crippen molar-refractivity contribution in [2.75, 3.05) is 16.2 Å². The molecular weight excluding hydrogens is 501 g/mol.